The number of hydrogen-bond acceptors (Lipinski definition) is 5. The lowest BCUT2D eigenvalue weighted by atomic mass is 9.94. The van der Waals surface area contributed by atoms with E-state index in [0.717, 1.165) is 0 Å². The number of aliphatic hydroxyl groups excluding tert-OH is 2. The number of benzene rings is 2. The van der Waals surface area contributed by atoms with Gasteiger partial charge in [0.1, 0.15) is 11.5 Å². The van der Waals surface area contributed by atoms with Crippen molar-refractivity contribution in [1.82, 2.24) is 4.90 Å². The molecule has 0 spiro atoms. The number of aliphatic hydroxyl groups is 2. The molecule has 0 aromatic heterocycles. The van der Waals surface area contributed by atoms with Gasteiger partial charge in [0, 0.05) is 17.7 Å². The lowest BCUT2D eigenvalue weighted by Gasteiger charge is -2.25. The van der Waals surface area contributed by atoms with Crippen LogP contribution in [0.2, 0.25) is 0 Å². The largest absolute Gasteiger partial charge is 0.507 e. The highest BCUT2D eigenvalue weighted by Crippen LogP contribution is 2.42. The van der Waals surface area contributed by atoms with Crippen LogP contribution in [0.4, 0.5) is 0 Å². The molecule has 3 rings (SSSR count). The molecule has 1 amide bonds. The van der Waals surface area contributed by atoms with E-state index in [1.165, 1.54) is 12.0 Å². The Balaban J connectivity index is 2.23. The fraction of sp³-hybridized carbons (Fsp3) is 0.200. The average Bonchev–Trinajstić information content (AvgIpc) is 2.93. The predicted molar refractivity (Wildman–Crippen MR) is 95.5 cm³/mol. The summed E-state index contributed by atoms with van der Waals surface area (Å²) in [5.41, 5.74) is 0.994. The maximum Gasteiger partial charge on any atom is 0.295 e. The molecule has 6 heteroatoms. The van der Waals surface area contributed by atoms with Gasteiger partial charge in [-0.15, -0.1) is 0 Å². The number of ether oxygens (including phenoxy) is 1. The van der Waals surface area contributed by atoms with Crippen LogP contribution in [-0.2, 0) is 9.59 Å². The monoisotopic (exact) mass is 353 g/mol. The smallest absolute Gasteiger partial charge is 0.295 e. The molecule has 1 aliphatic heterocycles. The summed E-state index contributed by atoms with van der Waals surface area (Å²) in [7, 11) is 1.49. The van der Waals surface area contributed by atoms with Crippen LogP contribution < -0.4 is 4.74 Å². The Morgan fingerprint density at radius 3 is 2.38 bits per heavy atom. The highest BCUT2D eigenvalue weighted by atomic mass is 16.5. The van der Waals surface area contributed by atoms with Gasteiger partial charge in [-0.3, -0.25) is 9.59 Å². The topological polar surface area (TPSA) is 87.1 Å². The maximum atomic E-state index is 12.7. The first-order valence-corrected chi connectivity index (χ1v) is 8.17. The Hall–Kier alpha value is -3.12. The fourth-order valence-electron chi connectivity index (χ4n) is 3.19. The number of carbonyl (C=O) groups excluding carboxylic acids is 2. The van der Waals surface area contributed by atoms with Crippen LogP contribution in [0.25, 0.3) is 5.76 Å². The van der Waals surface area contributed by atoms with Crippen molar-refractivity contribution in [1.29, 1.82) is 0 Å². The third kappa shape index (κ3) is 2.95. The van der Waals surface area contributed by atoms with Crippen molar-refractivity contribution in [2.24, 2.45) is 0 Å². The van der Waals surface area contributed by atoms with Crippen molar-refractivity contribution < 1.29 is 24.5 Å². The van der Waals surface area contributed by atoms with E-state index in [9.17, 15) is 19.8 Å². The molecule has 0 saturated carbocycles. The molecular weight excluding hydrogens is 334 g/mol. The standard InChI is InChI=1S/C20H19NO5/c1-26-15-10-6-5-9-14(15)17-16(18(23)13-7-3-2-4-8-13)19(24)20(25)21(17)11-12-22/h2-10,17,22-23H,11-12H2,1H3/t17-/m1/s1. The predicted octanol–water partition coefficient (Wildman–Crippen LogP) is 2.11. The molecule has 2 N–H and O–H groups in total. The van der Waals surface area contributed by atoms with E-state index in [1.807, 2.05) is 0 Å². The first-order valence-electron chi connectivity index (χ1n) is 8.17. The van der Waals surface area contributed by atoms with Gasteiger partial charge in [0.25, 0.3) is 11.7 Å². The van der Waals surface area contributed by atoms with Crippen LogP contribution in [0.3, 0.4) is 0 Å². The second kappa shape index (κ2) is 7.41. The SMILES string of the molecule is COc1ccccc1[C@@H]1C(=C(O)c2ccccc2)C(=O)C(=O)N1CCO. The van der Waals surface area contributed by atoms with Crippen LogP contribution in [0.1, 0.15) is 17.2 Å². The van der Waals surface area contributed by atoms with Gasteiger partial charge in [-0.05, 0) is 6.07 Å². The number of hydrogen-bond donors (Lipinski definition) is 2. The zero-order valence-corrected chi connectivity index (χ0v) is 14.3. The van der Waals surface area contributed by atoms with E-state index in [4.69, 9.17) is 4.74 Å². The number of nitrogens with zero attached hydrogens (tertiary/aromatic N) is 1. The molecule has 1 heterocycles. The Bertz CT molecular complexity index is 860. The van der Waals surface area contributed by atoms with E-state index in [2.05, 4.69) is 0 Å². The minimum atomic E-state index is -0.835. The summed E-state index contributed by atoms with van der Waals surface area (Å²) in [6.45, 7) is -0.330. The molecule has 0 unspecified atom stereocenters. The Labute approximate surface area is 150 Å². The third-order valence-electron chi connectivity index (χ3n) is 4.36. The van der Waals surface area contributed by atoms with Crippen LogP contribution in [-0.4, -0.2) is 47.1 Å². The van der Waals surface area contributed by atoms with Gasteiger partial charge in [0.15, 0.2) is 0 Å². The highest BCUT2D eigenvalue weighted by Gasteiger charge is 2.46. The molecule has 26 heavy (non-hydrogen) atoms. The quantitative estimate of drug-likeness (QED) is 0.488. The van der Waals surface area contributed by atoms with Crippen molar-refractivity contribution >= 4 is 17.4 Å². The number of likely N-dealkylation sites (tertiary alicyclic amines) is 1. The first kappa shape index (κ1) is 17.7. The lowest BCUT2D eigenvalue weighted by molar-refractivity contribution is -0.140. The van der Waals surface area contributed by atoms with E-state index in [1.54, 1.807) is 54.6 Å². The van der Waals surface area contributed by atoms with Crippen molar-refractivity contribution in [2.45, 2.75) is 6.04 Å². The van der Waals surface area contributed by atoms with Gasteiger partial charge in [-0.1, -0.05) is 48.5 Å². The number of ketones is 1. The van der Waals surface area contributed by atoms with E-state index < -0.39 is 17.7 Å². The summed E-state index contributed by atoms with van der Waals surface area (Å²) in [5, 5.41) is 20.1. The molecular formula is C20H19NO5. The fourth-order valence-corrected chi connectivity index (χ4v) is 3.19. The number of carbonyl (C=O) groups is 2. The van der Waals surface area contributed by atoms with Gasteiger partial charge in [-0.2, -0.15) is 0 Å². The Kier molecular flexibility index (Phi) is 5.04. The summed E-state index contributed by atoms with van der Waals surface area (Å²) < 4.78 is 5.37. The number of β-amino-alcohol motifs (C(OH)–C–C–N with tert-alkyl or cyclic N) is 1. The number of methoxy groups -OCH3 is 1. The van der Waals surface area contributed by atoms with Gasteiger partial charge in [0.05, 0.1) is 25.3 Å². The molecule has 2 aromatic rings. The van der Waals surface area contributed by atoms with E-state index >= 15 is 0 Å². The summed E-state index contributed by atoms with van der Waals surface area (Å²) >= 11 is 0. The molecule has 1 fully saturated rings. The molecule has 1 atom stereocenters. The second-order valence-corrected chi connectivity index (χ2v) is 5.82. The summed E-state index contributed by atoms with van der Waals surface area (Å²) in [6, 6.07) is 14.7. The van der Waals surface area contributed by atoms with Crippen LogP contribution in [0, 0.1) is 0 Å². The number of amides is 1. The van der Waals surface area contributed by atoms with Crippen LogP contribution in [0.5, 0.6) is 5.75 Å². The zero-order valence-electron chi connectivity index (χ0n) is 14.3. The van der Waals surface area contributed by atoms with Crippen LogP contribution >= 0.6 is 0 Å². The number of rotatable bonds is 5. The molecule has 0 radical (unpaired) electrons. The Morgan fingerprint density at radius 2 is 1.73 bits per heavy atom. The van der Waals surface area contributed by atoms with Crippen molar-refractivity contribution in [2.75, 3.05) is 20.3 Å². The maximum absolute atomic E-state index is 12.7. The number of Topliss-reactive ketones (excluding diaryl/α,β-unsaturated/α-hetero) is 1. The molecule has 6 nitrogen and oxygen atoms in total. The molecule has 0 aliphatic carbocycles. The van der Waals surface area contributed by atoms with Gasteiger partial charge in [-0.25, -0.2) is 0 Å². The summed E-state index contributed by atoms with van der Waals surface area (Å²) in [5.74, 6) is -1.30. The van der Waals surface area contributed by atoms with E-state index in [0.29, 0.717) is 16.9 Å². The van der Waals surface area contributed by atoms with Gasteiger partial charge >= 0.3 is 0 Å². The minimum absolute atomic E-state index is 0.0147. The average molecular weight is 353 g/mol. The lowest BCUT2D eigenvalue weighted by Crippen LogP contribution is -2.32. The van der Waals surface area contributed by atoms with E-state index in [-0.39, 0.29) is 24.5 Å². The van der Waals surface area contributed by atoms with Gasteiger partial charge < -0.3 is 19.8 Å². The zero-order chi connectivity index (χ0) is 18.7. The second-order valence-electron chi connectivity index (χ2n) is 5.82. The van der Waals surface area contributed by atoms with Crippen LogP contribution in [0.15, 0.2) is 60.2 Å². The van der Waals surface area contributed by atoms with Crippen molar-refractivity contribution in [3.63, 3.8) is 0 Å². The first-order chi connectivity index (χ1) is 12.6. The molecule has 0 bridgehead atoms. The molecule has 2 aromatic carbocycles. The summed E-state index contributed by atoms with van der Waals surface area (Å²) in [4.78, 5) is 26.4. The van der Waals surface area contributed by atoms with Crippen molar-refractivity contribution in [3.05, 3.63) is 71.3 Å². The highest BCUT2D eigenvalue weighted by molar-refractivity contribution is 6.46. The number of para-hydroxylation sites is 1. The van der Waals surface area contributed by atoms with Gasteiger partial charge in [0.2, 0.25) is 0 Å². The third-order valence-corrected chi connectivity index (χ3v) is 4.36. The summed E-state index contributed by atoms with van der Waals surface area (Å²) in [6.07, 6.45) is 0. The molecule has 134 valence electrons. The van der Waals surface area contributed by atoms with Crippen molar-refractivity contribution in [3.8, 4) is 5.75 Å². The molecule has 1 aliphatic rings. The molecule has 1 saturated heterocycles. The minimum Gasteiger partial charge on any atom is -0.507 e. The Morgan fingerprint density at radius 1 is 1.08 bits per heavy atom. The normalized spacial score (nSPS) is 19.0.